The molecule has 20 heavy (non-hydrogen) atoms. The summed E-state index contributed by atoms with van der Waals surface area (Å²) in [6, 6.07) is 1.55. The highest BCUT2D eigenvalue weighted by molar-refractivity contribution is 5.97. The summed E-state index contributed by atoms with van der Waals surface area (Å²) < 4.78 is 10.3. The van der Waals surface area contributed by atoms with E-state index in [-0.39, 0.29) is 12.5 Å². The number of hydroxylamine groups is 1. The second kappa shape index (κ2) is 7.06. The summed E-state index contributed by atoms with van der Waals surface area (Å²) in [6.45, 7) is 2.14. The first-order valence-corrected chi connectivity index (χ1v) is 6.55. The maximum Gasteiger partial charge on any atom is 0.263 e. The Balaban J connectivity index is 1.67. The molecule has 1 aliphatic heterocycles. The molecular formula is C13H18N2O5. The van der Waals surface area contributed by atoms with Crippen molar-refractivity contribution in [2.75, 3.05) is 13.2 Å². The van der Waals surface area contributed by atoms with Gasteiger partial charge < -0.3 is 14.5 Å². The number of carbonyl (C=O) groups excluding carboxylic acids is 2. The van der Waals surface area contributed by atoms with E-state index in [1.54, 1.807) is 13.0 Å². The second-order valence-electron chi connectivity index (χ2n) is 4.51. The minimum Gasteiger partial charge on any atom is -0.469 e. The van der Waals surface area contributed by atoms with Crippen LogP contribution in [0.1, 0.15) is 35.4 Å². The number of furan rings is 1. The molecule has 2 rings (SSSR count). The van der Waals surface area contributed by atoms with Crippen LogP contribution in [-0.2, 0) is 14.4 Å². The molecule has 2 heterocycles. The predicted molar refractivity (Wildman–Crippen MR) is 68.6 cm³/mol. The molecule has 1 fully saturated rings. The molecule has 1 atom stereocenters. The van der Waals surface area contributed by atoms with Gasteiger partial charge in [-0.3, -0.25) is 9.59 Å². The predicted octanol–water partition coefficient (Wildman–Crippen LogP) is 0.892. The zero-order valence-corrected chi connectivity index (χ0v) is 11.3. The SMILES string of the molecule is Cc1occc1C(=O)NCC(=O)NO[C@H]1CCCCO1. The van der Waals surface area contributed by atoms with Gasteiger partial charge in [-0.25, -0.2) is 10.3 Å². The highest BCUT2D eigenvalue weighted by Crippen LogP contribution is 2.12. The first kappa shape index (κ1) is 14.5. The highest BCUT2D eigenvalue weighted by Gasteiger charge is 2.16. The normalized spacial score (nSPS) is 18.6. The van der Waals surface area contributed by atoms with Gasteiger partial charge in [0.15, 0.2) is 6.29 Å². The monoisotopic (exact) mass is 282 g/mol. The van der Waals surface area contributed by atoms with Gasteiger partial charge in [-0.05, 0) is 25.8 Å². The van der Waals surface area contributed by atoms with E-state index in [1.807, 2.05) is 0 Å². The van der Waals surface area contributed by atoms with Gasteiger partial charge in [0.05, 0.1) is 18.4 Å². The maximum atomic E-state index is 11.7. The van der Waals surface area contributed by atoms with Gasteiger partial charge in [0.25, 0.3) is 11.8 Å². The molecule has 0 unspecified atom stereocenters. The molecule has 7 heteroatoms. The Kier molecular flexibility index (Phi) is 5.14. The lowest BCUT2D eigenvalue weighted by Crippen LogP contribution is -2.39. The molecule has 1 aliphatic rings. The summed E-state index contributed by atoms with van der Waals surface area (Å²) in [5, 5.41) is 2.48. The van der Waals surface area contributed by atoms with Gasteiger partial charge in [-0.2, -0.15) is 0 Å². The summed E-state index contributed by atoms with van der Waals surface area (Å²) in [7, 11) is 0. The van der Waals surface area contributed by atoms with Crippen molar-refractivity contribution in [3.63, 3.8) is 0 Å². The maximum absolute atomic E-state index is 11.7. The van der Waals surface area contributed by atoms with Crippen LogP contribution in [0.3, 0.4) is 0 Å². The Morgan fingerprint density at radius 2 is 2.30 bits per heavy atom. The fraction of sp³-hybridized carbons (Fsp3) is 0.538. The average molecular weight is 282 g/mol. The molecule has 2 amide bonds. The topological polar surface area (TPSA) is 89.8 Å². The number of hydrogen-bond acceptors (Lipinski definition) is 5. The van der Waals surface area contributed by atoms with Crippen molar-refractivity contribution in [1.29, 1.82) is 0 Å². The van der Waals surface area contributed by atoms with Crippen LogP contribution in [0.15, 0.2) is 16.7 Å². The number of ether oxygens (including phenoxy) is 1. The summed E-state index contributed by atoms with van der Waals surface area (Å²) in [4.78, 5) is 28.3. The Morgan fingerprint density at radius 1 is 1.45 bits per heavy atom. The van der Waals surface area contributed by atoms with Crippen molar-refractivity contribution < 1.29 is 23.6 Å². The van der Waals surface area contributed by atoms with Gasteiger partial charge in [0.1, 0.15) is 5.76 Å². The molecule has 0 bridgehead atoms. The van der Waals surface area contributed by atoms with E-state index < -0.39 is 12.2 Å². The molecule has 1 aromatic heterocycles. The zero-order chi connectivity index (χ0) is 14.4. The van der Waals surface area contributed by atoms with Crippen molar-refractivity contribution >= 4 is 11.8 Å². The minimum absolute atomic E-state index is 0.170. The van der Waals surface area contributed by atoms with E-state index in [2.05, 4.69) is 10.8 Å². The minimum atomic E-state index is -0.436. The number of amides is 2. The van der Waals surface area contributed by atoms with E-state index in [0.717, 1.165) is 19.3 Å². The molecule has 0 saturated carbocycles. The van der Waals surface area contributed by atoms with E-state index in [9.17, 15) is 9.59 Å². The van der Waals surface area contributed by atoms with E-state index in [1.165, 1.54) is 6.26 Å². The largest absolute Gasteiger partial charge is 0.469 e. The third-order valence-corrected chi connectivity index (χ3v) is 2.96. The molecule has 2 N–H and O–H groups in total. The second-order valence-corrected chi connectivity index (χ2v) is 4.51. The molecule has 1 saturated heterocycles. The standard InChI is InChI=1S/C13H18N2O5/c1-9-10(5-7-18-9)13(17)14-8-11(16)15-20-12-4-2-3-6-19-12/h5,7,12H,2-4,6,8H2,1H3,(H,14,17)(H,15,16)/t12-/m0/s1. The lowest BCUT2D eigenvalue weighted by molar-refractivity contribution is -0.200. The molecule has 110 valence electrons. The molecule has 1 aromatic rings. The number of carbonyl (C=O) groups is 2. The summed E-state index contributed by atoms with van der Waals surface area (Å²) in [5.74, 6) is -0.288. The molecule has 0 spiro atoms. The van der Waals surface area contributed by atoms with Crippen molar-refractivity contribution in [2.24, 2.45) is 0 Å². The number of hydrogen-bond donors (Lipinski definition) is 2. The molecule has 0 aromatic carbocycles. The van der Waals surface area contributed by atoms with Crippen LogP contribution >= 0.6 is 0 Å². The number of aryl methyl sites for hydroxylation is 1. The van der Waals surface area contributed by atoms with Crippen LogP contribution < -0.4 is 10.8 Å². The van der Waals surface area contributed by atoms with Crippen molar-refractivity contribution in [3.05, 3.63) is 23.7 Å². The molecule has 7 nitrogen and oxygen atoms in total. The Hall–Kier alpha value is -1.86. The third kappa shape index (κ3) is 4.07. The Labute approximate surface area is 116 Å². The molecule has 0 radical (unpaired) electrons. The van der Waals surface area contributed by atoms with Gasteiger partial charge in [-0.1, -0.05) is 0 Å². The summed E-state index contributed by atoms with van der Waals surface area (Å²) >= 11 is 0. The first-order chi connectivity index (χ1) is 9.66. The van der Waals surface area contributed by atoms with Crippen LogP contribution in [0.25, 0.3) is 0 Å². The van der Waals surface area contributed by atoms with Gasteiger partial charge in [0, 0.05) is 13.0 Å². The van der Waals surface area contributed by atoms with Crippen LogP contribution in [0.4, 0.5) is 0 Å². The van der Waals surface area contributed by atoms with Gasteiger partial charge in [0.2, 0.25) is 0 Å². The fourth-order valence-electron chi connectivity index (χ4n) is 1.85. The average Bonchev–Trinajstić information content (AvgIpc) is 2.90. The van der Waals surface area contributed by atoms with Crippen LogP contribution in [0.5, 0.6) is 0 Å². The van der Waals surface area contributed by atoms with Crippen molar-refractivity contribution in [1.82, 2.24) is 10.8 Å². The van der Waals surface area contributed by atoms with E-state index in [0.29, 0.717) is 17.9 Å². The van der Waals surface area contributed by atoms with Crippen LogP contribution in [0, 0.1) is 6.92 Å². The quantitative estimate of drug-likeness (QED) is 0.783. The lowest BCUT2D eigenvalue weighted by atomic mass is 10.2. The highest BCUT2D eigenvalue weighted by atomic mass is 16.8. The first-order valence-electron chi connectivity index (χ1n) is 6.55. The number of rotatable bonds is 5. The molecule has 0 aliphatic carbocycles. The van der Waals surface area contributed by atoms with Crippen LogP contribution in [0.2, 0.25) is 0 Å². The van der Waals surface area contributed by atoms with E-state index >= 15 is 0 Å². The fourth-order valence-corrected chi connectivity index (χ4v) is 1.85. The number of nitrogens with one attached hydrogen (secondary N) is 2. The summed E-state index contributed by atoms with van der Waals surface area (Å²) in [5.41, 5.74) is 2.68. The van der Waals surface area contributed by atoms with E-state index in [4.69, 9.17) is 14.0 Å². The summed E-state index contributed by atoms with van der Waals surface area (Å²) in [6.07, 6.45) is 3.79. The van der Waals surface area contributed by atoms with Crippen molar-refractivity contribution in [3.8, 4) is 0 Å². The van der Waals surface area contributed by atoms with Crippen LogP contribution in [-0.4, -0.2) is 31.3 Å². The van der Waals surface area contributed by atoms with Gasteiger partial charge in [-0.15, -0.1) is 0 Å². The van der Waals surface area contributed by atoms with Crippen molar-refractivity contribution in [2.45, 2.75) is 32.5 Å². The third-order valence-electron chi connectivity index (χ3n) is 2.96. The smallest absolute Gasteiger partial charge is 0.263 e. The Morgan fingerprint density at radius 3 is 2.95 bits per heavy atom. The lowest BCUT2D eigenvalue weighted by Gasteiger charge is -2.22. The Bertz CT molecular complexity index is 465. The zero-order valence-electron chi connectivity index (χ0n) is 11.3. The molecular weight excluding hydrogens is 264 g/mol. The van der Waals surface area contributed by atoms with Gasteiger partial charge >= 0.3 is 0 Å².